The Labute approximate surface area is 98.4 Å². The molecule has 0 aliphatic carbocycles. The molecule has 0 spiro atoms. The van der Waals surface area contributed by atoms with Gasteiger partial charge in [0.1, 0.15) is 11.7 Å². The van der Waals surface area contributed by atoms with E-state index in [1.165, 1.54) is 0 Å². The van der Waals surface area contributed by atoms with Gasteiger partial charge < -0.3 is 20.7 Å². The van der Waals surface area contributed by atoms with E-state index < -0.39 is 0 Å². The molecule has 0 aromatic carbocycles. The second-order valence-corrected chi connectivity index (χ2v) is 3.98. The maximum Gasteiger partial charge on any atom is 0.127 e. The zero-order chi connectivity index (χ0) is 12.7. The average Bonchev–Trinajstić information content (AvgIpc) is 2.24. The van der Waals surface area contributed by atoms with Crippen LogP contribution in [-0.2, 0) is 4.74 Å². The number of hydrogen-bond acceptors (Lipinski definition) is 4. The van der Waals surface area contributed by atoms with Crippen molar-refractivity contribution in [1.29, 1.82) is 0 Å². The zero-order valence-electron chi connectivity index (χ0n) is 11.2. The van der Waals surface area contributed by atoms with Gasteiger partial charge in [-0.3, -0.25) is 4.99 Å². The van der Waals surface area contributed by atoms with Crippen LogP contribution in [0.5, 0.6) is 0 Å². The molecule has 0 rings (SSSR count). The highest BCUT2D eigenvalue weighted by Crippen LogP contribution is 2.02. The summed E-state index contributed by atoms with van der Waals surface area (Å²) >= 11 is 0. The van der Waals surface area contributed by atoms with E-state index in [1.54, 1.807) is 14.2 Å². The van der Waals surface area contributed by atoms with Gasteiger partial charge in [-0.05, 0) is 13.8 Å². The third-order valence-electron chi connectivity index (χ3n) is 2.24. The summed E-state index contributed by atoms with van der Waals surface area (Å²) in [6.45, 7) is 4.62. The lowest BCUT2D eigenvalue weighted by Crippen LogP contribution is -2.38. The van der Waals surface area contributed by atoms with Crippen molar-refractivity contribution in [1.82, 2.24) is 10.2 Å². The lowest BCUT2D eigenvalue weighted by Gasteiger charge is -2.20. The number of hydrogen-bond donors (Lipinski definition) is 2. The first kappa shape index (κ1) is 14.8. The fraction of sp³-hybridized carbons (Fsp3) is 0.727. The van der Waals surface area contributed by atoms with Gasteiger partial charge in [0.15, 0.2) is 0 Å². The first-order valence-corrected chi connectivity index (χ1v) is 5.30. The Kier molecular flexibility index (Phi) is 6.56. The molecule has 1 atom stereocenters. The molecule has 0 radical (unpaired) electrons. The number of methoxy groups -OCH3 is 1. The van der Waals surface area contributed by atoms with Crippen molar-refractivity contribution in [2.75, 3.05) is 34.9 Å². The van der Waals surface area contributed by atoms with Gasteiger partial charge in [0.25, 0.3) is 0 Å². The molecular formula is C11H24N4O. The molecule has 0 aromatic heterocycles. The predicted octanol–water partition coefficient (Wildman–Crippen LogP) is 0.391. The molecule has 0 saturated heterocycles. The number of aliphatic imine (C=N–C) groups is 1. The van der Waals surface area contributed by atoms with Crippen LogP contribution in [0.2, 0.25) is 0 Å². The number of ether oxygens (including phenoxy) is 1. The Balaban J connectivity index is 4.70. The van der Waals surface area contributed by atoms with E-state index in [0.717, 1.165) is 11.4 Å². The normalized spacial score (nSPS) is 15.5. The lowest BCUT2D eigenvalue weighted by atomic mass is 10.2. The van der Waals surface area contributed by atoms with Crippen LogP contribution >= 0.6 is 0 Å². The molecule has 0 unspecified atom stereocenters. The van der Waals surface area contributed by atoms with Crippen molar-refractivity contribution in [2.45, 2.75) is 19.9 Å². The number of nitrogens with one attached hydrogen (secondary N) is 1. The summed E-state index contributed by atoms with van der Waals surface area (Å²) in [7, 11) is 7.24. The van der Waals surface area contributed by atoms with E-state index in [-0.39, 0.29) is 6.04 Å². The summed E-state index contributed by atoms with van der Waals surface area (Å²) in [6.07, 6.45) is 0. The minimum Gasteiger partial charge on any atom is -0.385 e. The molecule has 3 N–H and O–H groups in total. The molecule has 0 aliphatic heterocycles. The molecular weight excluding hydrogens is 204 g/mol. The second kappa shape index (κ2) is 7.11. The van der Waals surface area contributed by atoms with Crippen molar-refractivity contribution in [3.63, 3.8) is 0 Å². The quantitative estimate of drug-likeness (QED) is 0.528. The topological polar surface area (TPSA) is 62.9 Å². The maximum absolute atomic E-state index is 5.94. The Morgan fingerprint density at radius 3 is 2.44 bits per heavy atom. The van der Waals surface area contributed by atoms with Gasteiger partial charge in [0.05, 0.1) is 6.61 Å². The molecule has 5 nitrogen and oxygen atoms in total. The van der Waals surface area contributed by atoms with Crippen LogP contribution in [0.25, 0.3) is 0 Å². The van der Waals surface area contributed by atoms with Gasteiger partial charge >= 0.3 is 0 Å². The first-order chi connectivity index (χ1) is 7.43. The fourth-order valence-electron chi connectivity index (χ4n) is 1.32. The summed E-state index contributed by atoms with van der Waals surface area (Å²) in [4.78, 5) is 6.06. The van der Waals surface area contributed by atoms with Crippen LogP contribution in [0, 0.1) is 0 Å². The van der Waals surface area contributed by atoms with E-state index in [2.05, 4.69) is 10.3 Å². The zero-order valence-corrected chi connectivity index (χ0v) is 11.2. The molecule has 0 bridgehead atoms. The van der Waals surface area contributed by atoms with Crippen molar-refractivity contribution < 1.29 is 4.74 Å². The molecule has 94 valence electrons. The highest BCUT2D eigenvalue weighted by atomic mass is 16.5. The summed E-state index contributed by atoms with van der Waals surface area (Å²) in [5.41, 5.74) is 6.88. The summed E-state index contributed by atoms with van der Waals surface area (Å²) in [5.74, 6) is 1.51. The fourth-order valence-corrected chi connectivity index (χ4v) is 1.32. The minimum absolute atomic E-state index is 0.202. The van der Waals surface area contributed by atoms with Crippen LogP contribution in [0.1, 0.15) is 13.8 Å². The Morgan fingerprint density at radius 2 is 2.06 bits per heavy atom. The van der Waals surface area contributed by atoms with Crippen LogP contribution < -0.4 is 11.1 Å². The predicted molar refractivity (Wildman–Crippen MR) is 68.4 cm³/mol. The molecule has 0 fully saturated rings. The first-order valence-electron chi connectivity index (χ1n) is 5.30. The Bertz CT molecular complexity index is 271. The van der Waals surface area contributed by atoms with Crippen LogP contribution in [0.15, 0.2) is 16.4 Å². The van der Waals surface area contributed by atoms with Crippen LogP contribution in [0.3, 0.4) is 0 Å². The number of nitrogens with zero attached hydrogens (tertiary/aromatic N) is 2. The monoisotopic (exact) mass is 228 g/mol. The van der Waals surface area contributed by atoms with Gasteiger partial charge in [-0.2, -0.15) is 0 Å². The van der Waals surface area contributed by atoms with Gasteiger partial charge in [0, 0.05) is 39.9 Å². The van der Waals surface area contributed by atoms with Crippen molar-refractivity contribution in [3.8, 4) is 0 Å². The SMILES string of the molecule is C/N=C(N[C@H](C)COC)\C(C)=C(/N)N(C)C. The molecule has 0 aliphatic rings. The molecule has 0 saturated carbocycles. The Morgan fingerprint density at radius 1 is 1.50 bits per heavy atom. The maximum atomic E-state index is 5.94. The van der Waals surface area contributed by atoms with Crippen molar-refractivity contribution >= 4 is 5.84 Å². The molecule has 0 heterocycles. The van der Waals surface area contributed by atoms with Gasteiger partial charge in [-0.1, -0.05) is 0 Å². The van der Waals surface area contributed by atoms with E-state index >= 15 is 0 Å². The van der Waals surface area contributed by atoms with Gasteiger partial charge in [-0.15, -0.1) is 0 Å². The van der Waals surface area contributed by atoms with E-state index in [0.29, 0.717) is 12.4 Å². The van der Waals surface area contributed by atoms with E-state index in [9.17, 15) is 0 Å². The van der Waals surface area contributed by atoms with Gasteiger partial charge in [0.2, 0.25) is 0 Å². The smallest absolute Gasteiger partial charge is 0.127 e. The molecule has 0 aromatic rings. The molecule has 16 heavy (non-hydrogen) atoms. The third-order valence-corrected chi connectivity index (χ3v) is 2.24. The molecule has 0 amide bonds. The summed E-state index contributed by atoms with van der Waals surface area (Å²) in [6, 6.07) is 0.202. The Hall–Kier alpha value is -1.23. The standard InChI is InChI=1S/C11H24N4O/c1-8(7-16-6)14-11(13-3)9(2)10(12)15(4)5/h8H,7,12H2,1-6H3,(H,13,14)/b10-9+/t8-/m1/s1. The highest BCUT2D eigenvalue weighted by Gasteiger charge is 2.10. The summed E-state index contributed by atoms with van der Waals surface area (Å²) in [5, 5.41) is 3.26. The van der Waals surface area contributed by atoms with Crippen molar-refractivity contribution in [2.24, 2.45) is 10.7 Å². The number of rotatable bonds is 5. The number of amidine groups is 1. The van der Waals surface area contributed by atoms with Crippen LogP contribution in [-0.4, -0.2) is 51.6 Å². The average molecular weight is 228 g/mol. The van der Waals surface area contributed by atoms with E-state index in [4.69, 9.17) is 10.5 Å². The van der Waals surface area contributed by atoms with E-state index in [1.807, 2.05) is 32.8 Å². The lowest BCUT2D eigenvalue weighted by molar-refractivity contribution is 0.179. The van der Waals surface area contributed by atoms with Gasteiger partial charge in [-0.25, -0.2) is 0 Å². The third kappa shape index (κ3) is 4.53. The second-order valence-electron chi connectivity index (χ2n) is 3.98. The van der Waals surface area contributed by atoms with Crippen molar-refractivity contribution in [3.05, 3.63) is 11.4 Å². The molecule has 5 heteroatoms. The minimum atomic E-state index is 0.202. The number of nitrogens with two attached hydrogens (primary N) is 1. The highest BCUT2D eigenvalue weighted by molar-refractivity contribution is 5.98. The van der Waals surface area contributed by atoms with Crippen LogP contribution in [0.4, 0.5) is 0 Å². The summed E-state index contributed by atoms with van der Waals surface area (Å²) < 4.78 is 5.06. The largest absolute Gasteiger partial charge is 0.385 e.